The number of carbonyl (C=O) groups excluding carboxylic acids is 5. The third kappa shape index (κ3) is 15.1. The van der Waals surface area contributed by atoms with Gasteiger partial charge in [-0.2, -0.15) is 0 Å². The van der Waals surface area contributed by atoms with Crippen LogP contribution in [0.4, 0.5) is 25.0 Å². The van der Waals surface area contributed by atoms with E-state index in [1.807, 2.05) is 30.6 Å². The molecule has 400 valence electrons. The Hall–Kier alpha value is -6.57. The van der Waals surface area contributed by atoms with E-state index in [-0.39, 0.29) is 59.4 Å². The molecule has 4 aromatic carbocycles. The molecule has 0 radical (unpaired) electrons. The second kappa shape index (κ2) is 24.8. The highest BCUT2D eigenvalue weighted by atomic mass is 35.5. The summed E-state index contributed by atoms with van der Waals surface area (Å²) < 4.78 is 42.9. The van der Waals surface area contributed by atoms with Gasteiger partial charge in [0.05, 0.1) is 48.4 Å². The van der Waals surface area contributed by atoms with Crippen LogP contribution in [0.1, 0.15) is 56.9 Å². The van der Waals surface area contributed by atoms with E-state index in [1.54, 1.807) is 65.6 Å². The summed E-state index contributed by atoms with van der Waals surface area (Å²) in [5.74, 6) is -0.479. The Labute approximate surface area is 446 Å². The maximum atomic E-state index is 13.6. The molecule has 4 aromatic rings. The highest BCUT2D eigenvalue weighted by Crippen LogP contribution is 2.34. The zero-order valence-corrected chi connectivity index (χ0v) is 44.6. The van der Waals surface area contributed by atoms with Crippen molar-refractivity contribution >= 4 is 76.5 Å². The third-order valence-corrected chi connectivity index (χ3v) is 13.5. The molecule has 4 aliphatic heterocycles. The predicted octanol–water partition coefficient (Wildman–Crippen LogP) is 7.94. The molecule has 4 bridgehead atoms. The fraction of sp³-hybridized carbons (Fsp3) is 0.400. The van der Waals surface area contributed by atoms with Gasteiger partial charge in [-0.25, -0.2) is 13.6 Å². The topological polar surface area (TPSA) is 165 Å². The van der Waals surface area contributed by atoms with E-state index in [2.05, 4.69) is 25.8 Å². The Kier molecular flexibility index (Phi) is 18.6. The number of nitrogens with zero attached hydrogens (tertiary/aromatic N) is 5. The van der Waals surface area contributed by atoms with E-state index in [9.17, 15) is 32.8 Å². The van der Waals surface area contributed by atoms with Crippen molar-refractivity contribution in [3.63, 3.8) is 0 Å². The lowest BCUT2D eigenvalue weighted by Gasteiger charge is -2.52. The summed E-state index contributed by atoms with van der Waals surface area (Å²) >= 11 is 12.5. The molecule has 16 nitrogen and oxygen atoms in total. The maximum absolute atomic E-state index is 13.6. The van der Waals surface area contributed by atoms with Crippen molar-refractivity contribution < 1.29 is 47.0 Å². The average molecular weight is 1070 g/mol. The first-order valence-electron chi connectivity index (χ1n) is 24.6. The van der Waals surface area contributed by atoms with Gasteiger partial charge in [-0.3, -0.25) is 29.0 Å². The third-order valence-electron chi connectivity index (χ3n) is 13.0. The van der Waals surface area contributed by atoms with Crippen LogP contribution in [0.5, 0.6) is 11.5 Å². The van der Waals surface area contributed by atoms with E-state index in [4.69, 9.17) is 37.4 Å². The van der Waals surface area contributed by atoms with Crippen LogP contribution in [-0.4, -0.2) is 151 Å². The fourth-order valence-electron chi connectivity index (χ4n) is 9.87. The number of nitrogens with one attached hydrogen (secondary N) is 3. The molecule has 4 aliphatic rings. The lowest BCUT2D eigenvalue weighted by atomic mass is 9.99. The molecule has 4 heterocycles. The molecule has 20 heteroatoms. The number of benzene rings is 4. The summed E-state index contributed by atoms with van der Waals surface area (Å²) in [5, 5.41) is 9.59. The molecule has 5 amide bonds. The number of amides is 5. The van der Waals surface area contributed by atoms with Crippen molar-refractivity contribution in [1.29, 1.82) is 0 Å². The van der Waals surface area contributed by atoms with Crippen molar-refractivity contribution in [2.75, 3.05) is 77.2 Å². The van der Waals surface area contributed by atoms with E-state index < -0.39 is 11.7 Å². The van der Waals surface area contributed by atoms with Crippen molar-refractivity contribution in [1.82, 2.24) is 29.8 Å². The summed E-state index contributed by atoms with van der Waals surface area (Å²) in [4.78, 5) is 73.2. The van der Waals surface area contributed by atoms with Gasteiger partial charge in [0, 0.05) is 114 Å². The number of ether oxygens (including phenoxy) is 3. The Morgan fingerprint density at radius 3 is 1.39 bits per heavy atom. The Bertz CT molecular complexity index is 2760. The number of hydrogen-bond acceptors (Lipinski definition) is 11. The molecule has 8 rings (SSSR count). The van der Waals surface area contributed by atoms with Gasteiger partial charge >= 0.3 is 6.09 Å². The van der Waals surface area contributed by atoms with Crippen LogP contribution >= 0.6 is 23.2 Å². The minimum atomic E-state index is -0.637. The summed E-state index contributed by atoms with van der Waals surface area (Å²) in [6.45, 7) is 14.1. The summed E-state index contributed by atoms with van der Waals surface area (Å²) in [5.41, 5.74) is 3.53. The van der Waals surface area contributed by atoms with Gasteiger partial charge in [-0.1, -0.05) is 47.5 Å². The predicted molar refractivity (Wildman–Crippen MR) is 286 cm³/mol. The molecule has 4 atom stereocenters. The van der Waals surface area contributed by atoms with Crippen LogP contribution in [-0.2, 0) is 37.0 Å². The van der Waals surface area contributed by atoms with Gasteiger partial charge in [0.1, 0.15) is 28.7 Å². The summed E-state index contributed by atoms with van der Waals surface area (Å²) in [6, 6.07) is 19.0. The van der Waals surface area contributed by atoms with Crippen LogP contribution in [0, 0.1) is 11.6 Å². The molecule has 0 spiro atoms. The number of methoxy groups -OCH3 is 2. The minimum absolute atomic E-state index is 0.0275. The number of halogens is 4. The number of piperazine rings is 4. The first kappa shape index (κ1) is 56.2. The molecule has 4 unspecified atom stereocenters. The fourth-order valence-corrected chi connectivity index (χ4v) is 10.4. The molecule has 4 saturated heterocycles. The number of hydrogen-bond donors (Lipinski definition) is 3. The molecule has 0 saturated carbocycles. The zero-order valence-electron chi connectivity index (χ0n) is 43.1. The maximum Gasteiger partial charge on any atom is 0.410 e. The highest BCUT2D eigenvalue weighted by Gasteiger charge is 2.44. The molecule has 75 heavy (non-hydrogen) atoms. The molecule has 0 aromatic heterocycles. The van der Waals surface area contributed by atoms with Crippen molar-refractivity contribution in [2.45, 2.75) is 77.5 Å². The Balaban J connectivity index is 0.000000222. The highest BCUT2D eigenvalue weighted by molar-refractivity contribution is 6.33. The Morgan fingerprint density at radius 1 is 0.627 bits per heavy atom. The van der Waals surface area contributed by atoms with Crippen molar-refractivity contribution in [3.8, 4) is 11.5 Å². The number of anilines is 2. The van der Waals surface area contributed by atoms with Gasteiger partial charge in [0.15, 0.2) is 0 Å². The summed E-state index contributed by atoms with van der Waals surface area (Å²) in [6.07, 6.45) is 5.90. The Morgan fingerprint density at radius 2 is 1.01 bits per heavy atom. The van der Waals surface area contributed by atoms with Gasteiger partial charge in [-0.15, -0.1) is 0 Å². The molecular formula is C55H64Cl2F2N8O8. The normalized spacial score (nSPS) is 19.8. The monoisotopic (exact) mass is 1070 g/mol. The molecular weight excluding hydrogens is 1010 g/mol. The lowest BCUT2D eigenvalue weighted by molar-refractivity contribution is -0.141. The number of carbonyl (C=O) groups is 5. The molecule has 4 fully saturated rings. The van der Waals surface area contributed by atoms with Gasteiger partial charge in [-0.05, 0) is 92.6 Å². The quantitative estimate of drug-likeness (QED) is 0.118. The van der Waals surface area contributed by atoms with Crippen molar-refractivity contribution in [2.24, 2.45) is 0 Å². The largest absolute Gasteiger partial charge is 0.495 e. The van der Waals surface area contributed by atoms with Crippen LogP contribution in [0.2, 0.25) is 10.0 Å². The SMILES string of the molecule is COc1cc(/C=C/C(=O)N2C3CN(Cc4ccc(F)cc4)CC2CN(C(=O)OC(C)(C)C)C3)c(NC(C)=O)cc1Cl.COc1cc(/C=C/C(=O)N2C3CNCC2CN(Cc2ccc(F)cc2)C3)c(NC(C)=O)cc1Cl. The van der Waals surface area contributed by atoms with Crippen LogP contribution < -0.4 is 25.4 Å². The first-order chi connectivity index (χ1) is 35.7. The van der Waals surface area contributed by atoms with E-state index in [0.717, 1.165) is 30.8 Å². The number of rotatable bonds is 12. The molecule has 0 aliphatic carbocycles. The van der Waals surface area contributed by atoms with Crippen LogP contribution in [0.25, 0.3) is 12.2 Å². The van der Waals surface area contributed by atoms with Gasteiger partial charge in [0.2, 0.25) is 23.6 Å². The summed E-state index contributed by atoms with van der Waals surface area (Å²) in [7, 11) is 3.00. The second-order valence-corrected chi connectivity index (χ2v) is 20.8. The van der Waals surface area contributed by atoms with Gasteiger partial charge < -0.3 is 44.9 Å². The van der Waals surface area contributed by atoms with Gasteiger partial charge in [0.25, 0.3) is 0 Å². The standard InChI is InChI=1S/C30H36ClFN4O5.C25H28ClFN4O3/c1-19(37)33-26-13-25(31)27(40-5)12-21(26)8-11-28(38)36-23-15-34(14-20-6-9-22(32)10-7-20)16-24(36)18-35(17-23)29(39)41-30(2,3)4;1-16(32)29-23-10-22(26)24(34-2)9-18(23)5-8-25(33)31-20-11-28-12-21(31)15-30(14-20)13-17-3-6-19(27)7-4-17/h6-13,23-24H,14-18H2,1-5H3,(H,33,37);3-10,20-21,28H,11-15H2,1-2H3,(H,29,32)/b11-8+;8-5+. The van der Waals surface area contributed by atoms with Crippen LogP contribution in [0.15, 0.2) is 84.9 Å². The zero-order chi connectivity index (χ0) is 54.1. The number of fused-ring (bicyclic) bond motifs is 4. The van der Waals surface area contributed by atoms with Crippen LogP contribution in [0.3, 0.4) is 0 Å². The van der Waals surface area contributed by atoms with E-state index in [0.29, 0.717) is 89.9 Å². The second-order valence-electron chi connectivity index (χ2n) is 20.0. The average Bonchev–Trinajstić information content (AvgIpc) is 3.33. The smallest absolute Gasteiger partial charge is 0.410 e. The molecule has 3 N–H and O–H groups in total. The first-order valence-corrected chi connectivity index (χ1v) is 25.4. The lowest BCUT2D eigenvalue weighted by Crippen LogP contribution is -2.70. The van der Waals surface area contributed by atoms with Crippen molar-refractivity contribution in [3.05, 3.63) is 129 Å². The van der Waals surface area contributed by atoms with E-state index >= 15 is 0 Å². The van der Waals surface area contributed by atoms with E-state index in [1.165, 1.54) is 64.5 Å². The minimum Gasteiger partial charge on any atom is -0.495 e.